The zero-order valence-corrected chi connectivity index (χ0v) is 18.2. The number of anilines is 1. The molecule has 2 atom stereocenters. The summed E-state index contributed by atoms with van der Waals surface area (Å²) in [6.45, 7) is -0.244. The highest BCUT2D eigenvalue weighted by atomic mass is 32.2. The Balaban J connectivity index is 1.88. The first-order chi connectivity index (χ1) is 17.1. The number of rotatable bonds is 5. The Morgan fingerprint density at radius 3 is 2.69 bits per heavy atom. The smallest absolute Gasteiger partial charge is 0.269 e. The number of aromatic nitrogens is 3. The minimum atomic E-state index is -4.26. The van der Waals surface area contributed by atoms with Crippen LogP contribution in [0.25, 0.3) is 11.0 Å². The fourth-order valence-electron chi connectivity index (χ4n) is 4.03. The van der Waals surface area contributed by atoms with Crippen LogP contribution in [0, 0.1) is 0 Å². The first-order valence-corrected chi connectivity index (χ1v) is 11.7. The Morgan fingerprint density at radius 1 is 1.44 bits per heavy atom. The van der Waals surface area contributed by atoms with Crippen molar-refractivity contribution >= 4 is 27.0 Å². The lowest BCUT2D eigenvalue weighted by Crippen LogP contribution is -2.42. The van der Waals surface area contributed by atoms with E-state index >= 15 is 0 Å². The van der Waals surface area contributed by atoms with Gasteiger partial charge in [-0.2, -0.15) is 4.98 Å². The van der Waals surface area contributed by atoms with Crippen molar-refractivity contribution in [2.24, 2.45) is 0 Å². The molecule has 2 fully saturated rings. The van der Waals surface area contributed by atoms with E-state index in [1.807, 2.05) is 0 Å². The van der Waals surface area contributed by atoms with Crippen molar-refractivity contribution in [1.29, 1.82) is 0 Å². The minimum Gasteiger partial charge on any atom is -0.388 e. The second-order valence-corrected chi connectivity index (χ2v) is 10.1. The van der Waals surface area contributed by atoms with E-state index in [-0.39, 0.29) is 23.9 Å². The number of hydrogen-bond donors (Lipinski definition) is 2. The van der Waals surface area contributed by atoms with Crippen LogP contribution in [-0.2, 0) is 10.0 Å². The lowest BCUT2D eigenvalue weighted by atomic mass is 9.99. The van der Waals surface area contributed by atoms with Gasteiger partial charge < -0.3 is 10.4 Å². The van der Waals surface area contributed by atoms with Gasteiger partial charge in [0.1, 0.15) is 7.02 Å². The Hall–Kier alpha value is -2.18. The Kier molecular flexibility index (Phi) is 4.27. The van der Waals surface area contributed by atoms with Crippen molar-refractivity contribution < 1.29 is 30.5 Å². The van der Waals surface area contributed by atoms with Gasteiger partial charge in [-0.1, -0.05) is 0 Å². The first kappa shape index (κ1) is 16.4. The Morgan fingerprint density at radius 2 is 2.12 bits per heavy atom. The summed E-state index contributed by atoms with van der Waals surface area (Å²) in [4.78, 5) is 21.2. The highest BCUT2D eigenvalue weighted by Gasteiger charge is 2.40. The summed E-state index contributed by atoms with van der Waals surface area (Å²) < 4.78 is 103. The van der Waals surface area contributed by atoms with Gasteiger partial charge in [0.15, 0.2) is 0 Å². The number of aliphatic hydroxyl groups is 1. The van der Waals surface area contributed by atoms with Gasteiger partial charge in [-0.3, -0.25) is 9.36 Å². The maximum absolute atomic E-state index is 14.0. The predicted molar refractivity (Wildman–Crippen MR) is 115 cm³/mol. The van der Waals surface area contributed by atoms with Gasteiger partial charge >= 0.3 is 0 Å². The van der Waals surface area contributed by atoms with Crippen LogP contribution in [-0.4, -0.2) is 63.3 Å². The molecule has 0 amide bonds. The molecule has 2 N–H and O–H groups in total. The number of hydrogen-bond acceptors (Lipinski definition) is 7. The highest BCUT2D eigenvalue weighted by molar-refractivity contribution is 7.88. The number of alkyl halides is 2. The summed E-state index contributed by atoms with van der Waals surface area (Å²) in [7, 11) is -3.99. The van der Waals surface area contributed by atoms with E-state index in [4.69, 9.17) is 8.22 Å². The van der Waals surface area contributed by atoms with Crippen LogP contribution in [0.5, 0.6) is 0 Å². The molecule has 2 aromatic heterocycles. The second kappa shape index (κ2) is 8.31. The van der Waals surface area contributed by atoms with Crippen LogP contribution in [0.15, 0.2) is 17.1 Å². The van der Waals surface area contributed by atoms with Crippen LogP contribution in [0.2, 0.25) is 0 Å². The molecule has 4 rings (SSSR count). The Bertz CT molecular complexity index is 1430. The average molecular weight is 478 g/mol. The molecule has 0 aromatic carbocycles. The fourth-order valence-corrected chi connectivity index (χ4v) is 4.63. The van der Waals surface area contributed by atoms with Crippen molar-refractivity contribution in [1.82, 2.24) is 18.8 Å². The predicted octanol–water partition coefficient (Wildman–Crippen LogP) is 2.04. The van der Waals surface area contributed by atoms with Gasteiger partial charge in [-0.15, -0.1) is 0 Å². The van der Waals surface area contributed by atoms with Gasteiger partial charge in [0.05, 0.1) is 24.8 Å². The van der Waals surface area contributed by atoms with E-state index in [1.54, 1.807) is 0 Å². The average Bonchev–Trinajstić information content (AvgIpc) is 3.08. The number of fused-ring (bicyclic) bond motifs is 1. The summed E-state index contributed by atoms with van der Waals surface area (Å²) in [5.74, 6) is -0.524. The molecule has 1 aliphatic heterocycles. The van der Waals surface area contributed by atoms with Crippen LogP contribution < -0.4 is 10.9 Å². The monoisotopic (exact) mass is 477 g/mol. The maximum Gasteiger partial charge on any atom is 0.269 e. The van der Waals surface area contributed by atoms with E-state index < -0.39 is 77.0 Å². The summed E-state index contributed by atoms with van der Waals surface area (Å²) in [6, 6.07) is -3.07. The molecule has 2 unspecified atom stereocenters. The molecular formula is C20H27F2N5O4S. The van der Waals surface area contributed by atoms with Gasteiger partial charge in [0.2, 0.25) is 16.0 Å². The van der Waals surface area contributed by atoms with Crippen LogP contribution in [0.1, 0.15) is 65.2 Å². The van der Waals surface area contributed by atoms with E-state index in [0.29, 0.717) is 10.7 Å². The summed E-state index contributed by atoms with van der Waals surface area (Å²) in [5, 5.41) is 13.1. The molecule has 1 saturated carbocycles. The molecule has 32 heavy (non-hydrogen) atoms. The quantitative estimate of drug-likeness (QED) is 0.677. The molecule has 0 radical (unpaired) electrons. The minimum absolute atomic E-state index is 0.100. The molecule has 1 saturated heterocycles. The van der Waals surface area contributed by atoms with Crippen molar-refractivity contribution in [2.75, 3.05) is 24.7 Å². The van der Waals surface area contributed by atoms with E-state index in [0.717, 1.165) is 23.1 Å². The topological polar surface area (TPSA) is 117 Å². The number of sulfonamides is 1. The van der Waals surface area contributed by atoms with Gasteiger partial charge in [0, 0.05) is 36.2 Å². The normalized spacial score (nSPS) is 32.8. The van der Waals surface area contributed by atoms with E-state index in [1.165, 1.54) is 6.92 Å². The van der Waals surface area contributed by atoms with Crippen molar-refractivity contribution in [2.45, 2.75) is 63.0 Å². The zero-order chi connectivity index (χ0) is 28.7. The van der Waals surface area contributed by atoms with Crippen LogP contribution in [0.4, 0.5) is 14.7 Å². The molecule has 0 bridgehead atoms. The molecule has 2 aliphatic rings. The van der Waals surface area contributed by atoms with E-state index in [9.17, 15) is 27.1 Å². The fraction of sp³-hybridized carbons (Fsp3) is 0.650. The SMILES string of the molecule is [2H]C(F)(F)c1cc2cnc(NC3([2H])C([2H])([2H])CN(S(C)(=O)=O)CC3([2H])[2H])nc2n(C2CCCC2(C)O)c1=O. The van der Waals surface area contributed by atoms with Gasteiger partial charge in [-0.25, -0.2) is 26.5 Å². The molecule has 12 heteroatoms. The van der Waals surface area contributed by atoms with Crippen LogP contribution >= 0.6 is 0 Å². The van der Waals surface area contributed by atoms with Crippen molar-refractivity contribution in [3.63, 3.8) is 0 Å². The van der Waals surface area contributed by atoms with Gasteiger partial charge in [-0.05, 0) is 45.0 Å². The number of piperidine rings is 1. The van der Waals surface area contributed by atoms with Crippen molar-refractivity contribution in [3.05, 3.63) is 28.2 Å². The molecule has 9 nitrogen and oxygen atoms in total. The summed E-state index contributed by atoms with van der Waals surface area (Å²) in [6.07, 6.45) is -7.12. The lowest BCUT2D eigenvalue weighted by Gasteiger charge is -2.31. The number of nitrogens with one attached hydrogen (secondary N) is 1. The third-order valence-electron chi connectivity index (χ3n) is 5.74. The Labute approximate surface area is 193 Å². The molecule has 3 heterocycles. The summed E-state index contributed by atoms with van der Waals surface area (Å²) in [5.41, 5.74) is -4.14. The van der Waals surface area contributed by atoms with Gasteiger partial charge in [0.25, 0.3) is 12.0 Å². The largest absolute Gasteiger partial charge is 0.388 e. The number of nitrogens with zero attached hydrogens (tertiary/aromatic N) is 4. The molecule has 1 aliphatic carbocycles. The zero-order valence-electron chi connectivity index (χ0n) is 23.4. The molecule has 0 spiro atoms. The third-order valence-corrected chi connectivity index (χ3v) is 6.93. The second-order valence-electron chi connectivity index (χ2n) is 8.12. The maximum atomic E-state index is 14.0. The van der Waals surface area contributed by atoms with E-state index in [2.05, 4.69) is 15.3 Å². The number of pyridine rings is 1. The highest BCUT2D eigenvalue weighted by Crippen LogP contribution is 2.39. The van der Waals surface area contributed by atoms with Crippen LogP contribution in [0.3, 0.4) is 0 Å². The standard InChI is InChI=1S/C20H27F2N5O4S/c1-20(29)7-3-4-15(20)27-17-12(10-14(16(21)22)18(27)28)11-23-19(25-17)24-13-5-8-26(9-6-13)32(2,30)31/h10-11,13,15-16,29H,3-9H2,1-2H3,(H,23,24,25)/i5D2,6D2,13D,16D. The lowest BCUT2D eigenvalue weighted by molar-refractivity contribution is 0.0261. The van der Waals surface area contributed by atoms with Crippen molar-refractivity contribution in [3.8, 4) is 0 Å². The number of halogens is 2. The third kappa shape index (κ3) is 4.35. The summed E-state index contributed by atoms with van der Waals surface area (Å²) >= 11 is 0. The first-order valence-electron chi connectivity index (χ1n) is 12.9. The molecule has 2 aromatic rings. The molecular weight excluding hydrogens is 444 g/mol. The molecule has 176 valence electrons.